The van der Waals surface area contributed by atoms with Gasteiger partial charge in [0, 0.05) is 17.8 Å². The highest BCUT2D eigenvalue weighted by Crippen LogP contribution is 2.30. The van der Waals surface area contributed by atoms with Crippen molar-refractivity contribution in [2.75, 3.05) is 19.5 Å². The summed E-state index contributed by atoms with van der Waals surface area (Å²) >= 11 is 0. The van der Waals surface area contributed by atoms with Crippen molar-refractivity contribution in [1.29, 1.82) is 0 Å². The lowest BCUT2D eigenvalue weighted by atomic mass is 10.1. The number of pyridine rings is 1. The van der Waals surface area contributed by atoms with Crippen molar-refractivity contribution in [2.24, 2.45) is 0 Å². The number of methoxy groups -OCH3 is 1. The van der Waals surface area contributed by atoms with Crippen molar-refractivity contribution >= 4 is 23.0 Å². The molecule has 0 unspecified atom stereocenters. The van der Waals surface area contributed by atoms with E-state index in [9.17, 15) is 4.79 Å². The number of ether oxygens (including phenoxy) is 2. The molecule has 33 heavy (non-hydrogen) atoms. The number of carbonyl (C=O) groups is 1. The fourth-order valence-corrected chi connectivity index (χ4v) is 3.91. The first-order valence-electron chi connectivity index (χ1n) is 11.1. The van der Waals surface area contributed by atoms with E-state index in [1.165, 1.54) is 7.11 Å². The fourth-order valence-electron chi connectivity index (χ4n) is 3.91. The topological polar surface area (TPSA) is 92.3 Å². The summed E-state index contributed by atoms with van der Waals surface area (Å²) in [5.74, 6) is 0.918. The van der Waals surface area contributed by atoms with Crippen molar-refractivity contribution in [3.05, 3.63) is 71.9 Å². The summed E-state index contributed by atoms with van der Waals surface area (Å²) in [4.78, 5) is 21.0. The summed E-state index contributed by atoms with van der Waals surface area (Å²) in [7, 11) is 1.37. The van der Waals surface area contributed by atoms with Gasteiger partial charge in [0.05, 0.1) is 36.0 Å². The minimum absolute atomic E-state index is 0.383. The maximum Gasteiger partial charge on any atom is 0.337 e. The molecule has 4 rings (SSSR count). The molecule has 0 radical (unpaired) electrons. The van der Waals surface area contributed by atoms with E-state index >= 15 is 0 Å². The molecule has 0 spiro atoms. The number of esters is 1. The molecule has 0 fully saturated rings. The van der Waals surface area contributed by atoms with Crippen LogP contribution < -0.4 is 10.5 Å². The second kappa shape index (κ2) is 10.2. The second-order valence-electron chi connectivity index (χ2n) is 7.89. The number of para-hydroxylation sites is 3. The van der Waals surface area contributed by atoms with Gasteiger partial charge >= 0.3 is 5.97 Å². The van der Waals surface area contributed by atoms with Crippen molar-refractivity contribution in [1.82, 2.24) is 14.5 Å². The number of rotatable bonds is 9. The fraction of sp³-hybridized carbons (Fsp3) is 0.269. The summed E-state index contributed by atoms with van der Waals surface area (Å²) in [5.41, 5.74) is 10.8. The SMILES string of the molecule is COC(=O)c1cc(C)nc(-c2ccccc2OCCCCCn2c(N)nc3ccccc32)c1. The minimum Gasteiger partial charge on any atom is -0.493 e. The van der Waals surface area contributed by atoms with E-state index in [-0.39, 0.29) is 5.97 Å². The molecule has 0 saturated heterocycles. The van der Waals surface area contributed by atoms with Crippen molar-refractivity contribution in [2.45, 2.75) is 32.7 Å². The molecule has 2 aromatic heterocycles. The van der Waals surface area contributed by atoms with Gasteiger partial charge < -0.3 is 19.8 Å². The predicted octanol–water partition coefficient (Wildman–Crippen LogP) is 5.02. The maximum absolute atomic E-state index is 12.0. The largest absolute Gasteiger partial charge is 0.493 e. The third-order valence-corrected chi connectivity index (χ3v) is 5.51. The Kier molecular flexibility index (Phi) is 6.88. The lowest BCUT2D eigenvalue weighted by molar-refractivity contribution is 0.0600. The van der Waals surface area contributed by atoms with E-state index in [0.29, 0.717) is 23.8 Å². The van der Waals surface area contributed by atoms with Gasteiger partial charge in [0.1, 0.15) is 5.75 Å². The molecule has 2 heterocycles. The van der Waals surface area contributed by atoms with Crippen LogP contribution in [0, 0.1) is 6.92 Å². The monoisotopic (exact) mass is 444 g/mol. The van der Waals surface area contributed by atoms with E-state index in [2.05, 4.69) is 14.5 Å². The first-order valence-corrected chi connectivity index (χ1v) is 11.1. The van der Waals surface area contributed by atoms with Crippen LogP contribution in [0.3, 0.4) is 0 Å². The quantitative estimate of drug-likeness (QED) is 0.288. The average molecular weight is 445 g/mol. The Morgan fingerprint density at radius 1 is 1.00 bits per heavy atom. The highest BCUT2D eigenvalue weighted by Gasteiger charge is 2.13. The molecule has 0 bridgehead atoms. The number of anilines is 1. The van der Waals surface area contributed by atoms with Gasteiger partial charge in [-0.1, -0.05) is 24.3 Å². The maximum atomic E-state index is 12.0. The van der Waals surface area contributed by atoms with Crippen LogP contribution in [0.5, 0.6) is 5.75 Å². The summed E-state index contributed by atoms with van der Waals surface area (Å²) in [5, 5.41) is 0. The van der Waals surface area contributed by atoms with E-state index in [0.717, 1.165) is 53.8 Å². The Bertz CT molecular complexity index is 1270. The van der Waals surface area contributed by atoms with Gasteiger partial charge in [-0.05, 0) is 62.6 Å². The van der Waals surface area contributed by atoms with Crippen LogP contribution in [0.1, 0.15) is 35.3 Å². The number of nitrogens with two attached hydrogens (primary N) is 1. The van der Waals surface area contributed by atoms with Gasteiger partial charge in [-0.3, -0.25) is 4.98 Å². The standard InChI is InChI=1S/C26H28N4O3/c1-18-16-19(25(31)32-2)17-22(28-18)20-10-4-7-13-24(20)33-15-9-3-8-14-30-23-12-6-5-11-21(23)29-26(30)27/h4-7,10-13,16-17H,3,8-9,14-15H2,1-2H3,(H2,27,29). The Labute approximate surface area is 193 Å². The summed E-state index contributed by atoms with van der Waals surface area (Å²) in [6.07, 6.45) is 2.90. The van der Waals surface area contributed by atoms with Crippen LogP contribution in [-0.2, 0) is 11.3 Å². The lowest BCUT2D eigenvalue weighted by Crippen LogP contribution is -2.05. The van der Waals surface area contributed by atoms with Gasteiger partial charge in [0.15, 0.2) is 0 Å². The van der Waals surface area contributed by atoms with E-state index in [4.69, 9.17) is 15.2 Å². The van der Waals surface area contributed by atoms with Crippen molar-refractivity contribution in [3.8, 4) is 17.0 Å². The lowest BCUT2D eigenvalue weighted by Gasteiger charge is -2.13. The number of aryl methyl sites for hydroxylation is 2. The molecule has 7 heteroatoms. The Hall–Kier alpha value is -3.87. The smallest absolute Gasteiger partial charge is 0.337 e. The zero-order valence-electron chi connectivity index (χ0n) is 19.0. The normalized spacial score (nSPS) is 11.0. The van der Waals surface area contributed by atoms with Crippen LogP contribution >= 0.6 is 0 Å². The number of hydrogen-bond donors (Lipinski definition) is 1. The van der Waals surface area contributed by atoms with Crippen LogP contribution in [0.2, 0.25) is 0 Å². The second-order valence-corrected chi connectivity index (χ2v) is 7.89. The van der Waals surface area contributed by atoms with Crippen molar-refractivity contribution < 1.29 is 14.3 Å². The van der Waals surface area contributed by atoms with Crippen LogP contribution in [0.4, 0.5) is 5.95 Å². The molecule has 0 amide bonds. The molecule has 2 N–H and O–H groups in total. The summed E-state index contributed by atoms with van der Waals surface area (Å²) < 4.78 is 13.0. The van der Waals surface area contributed by atoms with E-state index in [1.54, 1.807) is 12.1 Å². The first kappa shape index (κ1) is 22.3. The van der Waals surface area contributed by atoms with Gasteiger partial charge in [-0.15, -0.1) is 0 Å². The number of benzene rings is 2. The molecular weight excluding hydrogens is 416 g/mol. The Balaban J connectivity index is 1.35. The number of fused-ring (bicyclic) bond motifs is 1. The number of nitrogens with zero attached hydrogens (tertiary/aromatic N) is 3. The van der Waals surface area contributed by atoms with Crippen LogP contribution in [0.15, 0.2) is 60.7 Å². The molecule has 0 aliphatic rings. The third kappa shape index (κ3) is 5.14. The Morgan fingerprint density at radius 2 is 1.79 bits per heavy atom. The van der Waals surface area contributed by atoms with E-state index in [1.807, 2.05) is 55.5 Å². The third-order valence-electron chi connectivity index (χ3n) is 5.51. The van der Waals surface area contributed by atoms with Gasteiger partial charge in [-0.25, -0.2) is 9.78 Å². The molecule has 0 aliphatic carbocycles. The minimum atomic E-state index is -0.383. The summed E-state index contributed by atoms with van der Waals surface area (Å²) in [6, 6.07) is 19.2. The molecule has 0 aliphatic heterocycles. The number of nitrogen functional groups attached to an aromatic ring is 1. The van der Waals surface area contributed by atoms with E-state index < -0.39 is 0 Å². The summed E-state index contributed by atoms with van der Waals surface area (Å²) in [6.45, 7) is 3.27. The number of hydrogen-bond acceptors (Lipinski definition) is 6. The predicted molar refractivity (Wildman–Crippen MR) is 129 cm³/mol. The molecule has 7 nitrogen and oxygen atoms in total. The number of carbonyl (C=O) groups excluding carboxylic acids is 1. The van der Waals surface area contributed by atoms with Gasteiger partial charge in [0.25, 0.3) is 0 Å². The van der Waals surface area contributed by atoms with Crippen LogP contribution in [-0.4, -0.2) is 34.2 Å². The molecule has 170 valence electrons. The average Bonchev–Trinajstić information content (AvgIpc) is 3.15. The number of imidazole rings is 1. The van der Waals surface area contributed by atoms with Gasteiger partial charge in [-0.2, -0.15) is 0 Å². The molecule has 4 aromatic rings. The molecule has 0 atom stereocenters. The highest BCUT2D eigenvalue weighted by atomic mass is 16.5. The Morgan fingerprint density at radius 3 is 2.64 bits per heavy atom. The van der Waals surface area contributed by atoms with Gasteiger partial charge in [0.2, 0.25) is 5.95 Å². The number of unbranched alkanes of at least 4 members (excludes halogenated alkanes) is 2. The molecular formula is C26H28N4O3. The van der Waals surface area contributed by atoms with Crippen LogP contribution in [0.25, 0.3) is 22.3 Å². The number of aromatic nitrogens is 3. The molecule has 2 aromatic carbocycles. The molecule has 0 saturated carbocycles. The highest BCUT2D eigenvalue weighted by molar-refractivity contribution is 5.91. The zero-order valence-corrected chi connectivity index (χ0v) is 19.0. The van der Waals surface area contributed by atoms with Crippen molar-refractivity contribution in [3.63, 3.8) is 0 Å². The first-order chi connectivity index (χ1) is 16.1. The zero-order chi connectivity index (χ0) is 23.2.